The van der Waals surface area contributed by atoms with Gasteiger partial charge in [-0.1, -0.05) is 31.5 Å². The highest BCUT2D eigenvalue weighted by Crippen LogP contribution is 2.29. The van der Waals surface area contributed by atoms with E-state index in [4.69, 9.17) is 9.47 Å². The molecule has 0 bridgehead atoms. The van der Waals surface area contributed by atoms with Crippen molar-refractivity contribution in [1.29, 1.82) is 0 Å². The molecule has 20 heavy (non-hydrogen) atoms. The van der Waals surface area contributed by atoms with Crippen LogP contribution >= 0.6 is 0 Å². The summed E-state index contributed by atoms with van der Waals surface area (Å²) in [7, 11) is 1.63. The van der Waals surface area contributed by atoms with Gasteiger partial charge in [-0.15, -0.1) is 0 Å². The van der Waals surface area contributed by atoms with E-state index >= 15 is 0 Å². The third-order valence-corrected chi connectivity index (χ3v) is 3.05. The van der Waals surface area contributed by atoms with Crippen LogP contribution < -0.4 is 9.47 Å². The number of methoxy groups -OCH3 is 1. The first-order valence-electron chi connectivity index (χ1n) is 6.77. The van der Waals surface area contributed by atoms with E-state index in [9.17, 15) is 4.39 Å². The molecule has 2 aromatic rings. The lowest BCUT2D eigenvalue weighted by atomic mass is 10.1. The number of benzene rings is 2. The highest BCUT2D eigenvalue weighted by atomic mass is 19.1. The zero-order chi connectivity index (χ0) is 14.4. The molecule has 0 aliphatic heterocycles. The molecule has 0 N–H and O–H groups in total. The van der Waals surface area contributed by atoms with E-state index in [-0.39, 0.29) is 5.82 Å². The van der Waals surface area contributed by atoms with Crippen molar-refractivity contribution in [2.75, 3.05) is 7.11 Å². The molecule has 106 valence electrons. The van der Waals surface area contributed by atoms with Crippen molar-refractivity contribution in [2.45, 2.75) is 26.4 Å². The molecule has 0 spiro atoms. The fourth-order valence-corrected chi connectivity index (χ4v) is 2.06. The molecule has 0 aliphatic rings. The van der Waals surface area contributed by atoms with Crippen LogP contribution in [0, 0.1) is 5.82 Å². The summed E-state index contributed by atoms with van der Waals surface area (Å²) in [6.07, 6.45) is 2.10. The highest BCUT2D eigenvalue weighted by Gasteiger charge is 2.06. The summed E-state index contributed by atoms with van der Waals surface area (Å²) in [5.41, 5.74) is 2.02. The van der Waals surface area contributed by atoms with E-state index in [1.165, 1.54) is 17.7 Å². The van der Waals surface area contributed by atoms with Crippen LogP contribution in [0.15, 0.2) is 42.5 Å². The van der Waals surface area contributed by atoms with Gasteiger partial charge in [-0.2, -0.15) is 0 Å². The molecule has 0 amide bonds. The maximum Gasteiger partial charge on any atom is 0.161 e. The lowest BCUT2D eigenvalue weighted by Gasteiger charge is -2.12. The van der Waals surface area contributed by atoms with Gasteiger partial charge in [0.2, 0.25) is 0 Å². The summed E-state index contributed by atoms with van der Waals surface area (Å²) in [6, 6.07) is 12.3. The molecule has 3 heteroatoms. The van der Waals surface area contributed by atoms with Gasteiger partial charge >= 0.3 is 0 Å². The van der Waals surface area contributed by atoms with Gasteiger partial charge in [-0.3, -0.25) is 0 Å². The van der Waals surface area contributed by atoms with Crippen LogP contribution in [0.4, 0.5) is 4.39 Å². The molecule has 0 radical (unpaired) electrons. The second-order valence-corrected chi connectivity index (χ2v) is 4.65. The summed E-state index contributed by atoms with van der Waals surface area (Å²) in [5.74, 6) is 1.14. The molecule has 0 atom stereocenters. The van der Waals surface area contributed by atoms with Crippen molar-refractivity contribution in [3.05, 3.63) is 59.4 Å². The van der Waals surface area contributed by atoms with Gasteiger partial charge in [0.25, 0.3) is 0 Å². The first-order valence-corrected chi connectivity index (χ1v) is 6.77. The van der Waals surface area contributed by atoms with Crippen LogP contribution in [-0.4, -0.2) is 7.11 Å². The largest absolute Gasteiger partial charge is 0.493 e. The van der Waals surface area contributed by atoms with Gasteiger partial charge in [-0.05, 0) is 41.8 Å². The molecule has 0 unspecified atom stereocenters. The number of aryl methyl sites for hydroxylation is 1. The number of hydrogen-bond donors (Lipinski definition) is 0. The Morgan fingerprint density at radius 1 is 1.00 bits per heavy atom. The van der Waals surface area contributed by atoms with Gasteiger partial charge in [0.1, 0.15) is 12.4 Å². The van der Waals surface area contributed by atoms with Crippen molar-refractivity contribution in [1.82, 2.24) is 0 Å². The molecule has 0 heterocycles. The Morgan fingerprint density at radius 3 is 2.55 bits per heavy atom. The van der Waals surface area contributed by atoms with E-state index in [0.29, 0.717) is 18.1 Å². The minimum Gasteiger partial charge on any atom is -0.493 e. The summed E-state index contributed by atoms with van der Waals surface area (Å²) >= 11 is 0. The second-order valence-electron chi connectivity index (χ2n) is 4.65. The topological polar surface area (TPSA) is 18.5 Å². The first kappa shape index (κ1) is 14.4. The fourth-order valence-electron chi connectivity index (χ4n) is 2.06. The molecule has 2 nitrogen and oxygen atoms in total. The molecule has 0 aliphatic carbocycles. The monoisotopic (exact) mass is 274 g/mol. The maximum atomic E-state index is 13.1. The van der Waals surface area contributed by atoms with E-state index in [1.54, 1.807) is 13.2 Å². The van der Waals surface area contributed by atoms with Crippen LogP contribution in [0.3, 0.4) is 0 Å². The van der Waals surface area contributed by atoms with Gasteiger partial charge in [0.05, 0.1) is 7.11 Å². The predicted octanol–water partition coefficient (Wildman–Crippen LogP) is 4.37. The van der Waals surface area contributed by atoms with Crippen LogP contribution in [0.5, 0.6) is 11.5 Å². The Morgan fingerprint density at radius 2 is 1.85 bits per heavy atom. The van der Waals surface area contributed by atoms with Crippen LogP contribution in [0.2, 0.25) is 0 Å². The second kappa shape index (κ2) is 6.94. The zero-order valence-corrected chi connectivity index (χ0v) is 11.9. The lowest BCUT2D eigenvalue weighted by Crippen LogP contribution is -1.99. The summed E-state index contributed by atoms with van der Waals surface area (Å²) in [4.78, 5) is 0. The van der Waals surface area contributed by atoms with E-state index in [0.717, 1.165) is 18.4 Å². The molecule has 0 fully saturated rings. The third kappa shape index (κ3) is 3.73. The standard InChI is InChI=1S/C17H19FO2/c1-3-5-13-8-9-16(17(11-13)19-2)20-12-14-6-4-7-15(18)10-14/h4,6-11H,3,5,12H2,1-2H3. The third-order valence-electron chi connectivity index (χ3n) is 3.05. The Labute approximate surface area is 119 Å². The van der Waals surface area contributed by atoms with Crippen LogP contribution in [-0.2, 0) is 13.0 Å². The summed E-state index contributed by atoms with van der Waals surface area (Å²) < 4.78 is 24.2. The molecular weight excluding hydrogens is 255 g/mol. The average Bonchev–Trinajstić information content (AvgIpc) is 2.46. The highest BCUT2D eigenvalue weighted by molar-refractivity contribution is 5.43. The number of ether oxygens (including phenoxy) is 2. The normalized spacial score (nSPS) is 10.3. The smallest absolute Gasteiger partial charge is 0.161 e. The molecular formula is C17H19FO2. The van der Waals surface area contributed by atoms with Gasteiger partial charge in [0, 0.05) is 0 Å². The predicted molar refractivity (Wildman–Crippen MR) is 77.7 cm³/mol. The van der Waals surface area contributed by atoms with Gasteiger partial charge < -0.3 is 9.47 Å². The molecule has 2 rings (SSSR count). The SMILES string of the molecule is CCCc1ccc(OCc2cccc(F)c2)c(OC)c1. The number of rotatable bonds is 6. The van der Waals surface area contributed by atoms with Gasteiger partial charge in [0.15, 0.2) is 11.5 Å². The first-order chi connectivity index (χ1) is 9.72. The summed E-state index contributed by atoms with van der Waals surface area (Å²) in [6.45, 7) is 2.46. The Kier molecular flexibility index (Phi) is 4.99. The molecule has 0 aromatic heterocycles. The van der Waals surface area contributed by atoms with Crippen molar-refractivity contribution >= 4 is 0 Å². The molecule has 0 saturated heterocycles. The molecule has 0 saturated carbocycles. The van der Waals surface area contributed by atoms with Gasteiger partial charge in [-0.25, -0.2) is 4.39 Å². The lowest BCUT2D eigenvalue weighted by molar-refractivity contribution is 0.284. The Hall–Kier alpha value is -2.03. The maximum absolute atomic E-state index is 13.1. The quantitative estimate of drug-likeness (QED) is 0.779. The Bertz CT molecular complexity index is 567. The van der Waals surface area contributed by atoms with E-state index in [2.05, 4.69) is 6.92 Å². The van der Waals surface area contributed by atoms with E-state index < -0.39 is 0 Å². The number of hydrogen-bond acceptors (Lipinski definition) is 2. The zero-order valence-electron chi connectivity index (χ0n) is 11.9. The van der Waals surface area contributed by atoms with Crippen molar-refractivity contribution < 1.29 is 13.9 Å². The minimum atomic E-state index is -0.253. The van der Waals surface area contributed by atoms with Crippen molar-refractivity contribution in [2.24, 2.45) is 0 Å². The van der Waals surface area contributed by atoms with Crippen LogP contribution in [0.1, 0.15) is 24.5 Å². The van der Waals surface area contributed by atoms with Crippen molar-refractivity contribution in [3.8, 4) is 11.5 Å². The molecule has 2 aromatic carbocycles. The number of halogens is 1. The average molecular weight is 274 g/mol. The summed E-state index contributed by atoms with van der Waals surface area (Å²) in [5, 5.41) is 0. The Balaban J connectivity index is 2.09. The van der Waals surface area contributed by atoms with Crippen LogP contribution in [0.25, 0.3) is 0 Å². The van der Waals surface area contributed by atoms with E-state index in [1.807, 2.05) is 24.3 Å². The minimum absolute atomic E-state index is 0.253. The fraction of sp³-hybridized carbons (Fsp3) is 0.294. The van der Waals surface area contributed by atoms with Crippen molar-refractivity contribution in [3.63, 3.8) is 0 Å².